The van der Waals surface area contributed by atoms with Gasteiger partial charge in [-0.1, -0.05) is 48.2 Å². The number of amides is 1. The summed E-state index contributed by atoms with van der Waals surface area (Å²) in [5.41, 5.74) is 3.61. The normalized spacial score (nSPS) is 19.1. The maximum Gasteiger partial charge on any atom is 0.274 e. The molecule has 4 aromatic rings. The lowest BCUT2D eigenvalue weighted by Gasteiger charge is -2.16. The van der Waals surface area contributed by atoms with Crippen LogP contribution in [-0.4, -0.2) is 23.1 Å². The molecule has 0 spiro atoms. The van der Waals surface area contributed by atoms with Crippen molar-refractivity contribution >= 4 is 62.6 Å². The Morgan fingerprint density at radius 1 is 0.879 bits per heavy atom. The molecular weight excluding hydrogens is 448 g/mol. The van der Waals surface area contributed by atoms with Crippen LogP contribution >= 0.6 is 23.5 Å². The van der Waals surface area contributed by atoms with Crippen LogP contribution in [0.3, 0.4) is 0 Å². The molecule has 0 bridgehead atoms. The molecule has 1 amide bonds. The maximum atomic E-state index is 13.7. The number of amidine groups is 1. The van der Waals surface area contributed by atoms with Crippen LogP contribution in [0.1, 0.15) is 0 Å². The lowest BCUT2D eigenvalue weighted by Crippen LogP contribution is -2.29. The van der Waals surface area contributed by atoms with Gasteiger partial charge in [-0.05, 0) is 60.3 Å². The monoisotopic (exact) mass is 466 g/mol. The van der Waals surface area contributed by atoms with E-state index in [0.29, 0.717) is 10.1 Å². The zero-order chi connectivity index (χ0) is 22.4. The highest BCUT2D eigenvalue weighted by atomic mass is 32.2. The lowest BCUT2D eigenvalue weighted by molar-refractivity contribution is -0.113. The highest BCUT2D eigenvalue weighted by Crippen LogP contribution is 2.50. The number of thioether (sulfide) groups is 2. The van der Waals surface area contributed by atoms with E-state index in [-0.39, 0.29) is 5.91 Å². The standard InChI is InChI=1S/C26H18N4OS2/c1-29-21-11-5-6-12-22(21)32-25(29)23-24(31)30(19-9-3-2-4-10-19)26(33-23)28-18-13-14-20-17(16-18)8-7-15-27-20/h2-16H,1H3/b25-23-,28-26?. The van der Waals surface area contributed by atoms with Crippen LogP contribution in [-0.2, 0) is 4.79 Å². The van der Waals surface area contributed by atoms with Gasteiger partial charge < -0.3 is 4.90 Å². The molecule has 1 fully saturated rings. The first-order valence-electron chi connectivity index (χ1n) is 10.4. The Bertz CT molecular complexity index is 1470. The molecule has 0 N–H and O–H groups in total. The number of benzene rings is 3. The number of aromatic nitrogens is 1. The van der Waals surface area contributed by atoms with Crippen molar-refractivity contribution in [3.05, 3.63) is 101 Å². The summed E-state index contributed by atoms with van der Waals surface area (Å²) in [6.07, 6.45) is 1.78. The van der Waals surface area contributed by atoms with Crippen molar-refractivity contribution in [2.45, 2.75) is 4.90 Å². The number of pyridine rings is 1. The Labute approximate surface area is 199 Å². The number of para-hydroxylation sites is 2. The maximum absolute atomic E-state index is 13.7. The molecule has 1 aromatic heterocycles. The van der Waals surface area contributed by atoms with E-state index in [1.165, 1.54) is 11.8 Å². The van der Waals surface area contributed by atoms with Crippen LogP contribution in [0.5, 0.6) is 0 Å². The summed E-state index contributed by atoms with van der Waals surface area (Å²) in [5, 5.41) is 2.59. The molecule has 5 nitrogen and oxygen atoms in total. The van der Waals surface area contributed by atoms with Crippen LogP contribution in [0.15, 0.2) is 111 Å². The van der Waals surface area contributed by atoms with Crippen molar-refractivity contribution in [2.24, 2.45) is 4.99 Å². The molecule has 3 heterocycles. The van der Waals surface area contributed by atoms with Crippen molar-refractivity contribution in [1.29, 1.82) is 0 Å². The highest BCUT2D eigenvalue weighted by molar-refractivity contribution is 8.20. The van der Waals surface area contributed by atoms with Crippen LogP contribution in [0.25, 0.3) is 10.9 Å². The summed E-state index contributed by atoms with van der Waals surface area (Å²) in [7, 11) is 2.01. The molecule has 0 aliphatic carbocycles. The molecule has 2 aliphatic rings. The molecule has 0 unspecified atom stereocenters. The van der Waals surface area contributed by atoms with Gasteiger partial charge in [0.25, 0.3) is 5.91 Å². The van der Waals surface area contributed by atoms with Gasteiger partial charge in [-0.15, -0.1) is 0 Å². The first kappa shape index (κ1) is 20.1. The van der Waals surface area contributed by atoms with Crippen LogP contribution in [0, 0.1) is 0 Å². The van der Waals surface area contributed by atoms with Crippen LogP contribution < -0.4 is 9.80 Å². The zero-order valence-electron chi connectivity index (χ0n) is 17.7. The first-order valence-corrected chi connectivity index (χ1v) is 12.1. The van der Waals surface area contributed by atoms with Crippen LogP contribution in [0.4, 0.5) is 17.1 Å². The number of nitrogens with zero attached hydrogens (tertiary/aromatic N) is 4. The van der Waals surface area contributed by atoms with Crippen LogP contribution in [0.2, 0.25) is 0 Å². The van der Waals surface area contributed by atoms with Crippen molar-refractivity contribution in [1.82, 2.24) is 4.98 Å². The molecule has 3 aromatic carbocycles. The smallest absolute Gasteiger partial charge is 0.274 e. The zero-order valence-corrected chi connectivity index (χ0v) is 19.3. The van der Waals surface area contributed by atoms with E-state index in [1.807, 2.05) is 79.8 Å². The molecule has 0 atom stereocenters. The average Bonchev–Trinajstić information content (AvgIpc) is 3.35. The van der Waals surface area contributed by atoms with Crippen molar-refractivity contribution in [3.63, 3.8) is 0 Å². The molecule has 1 saturated heterocycles. The molecule has 33 heavy (non-hydrogen) atoms. The summed E-state index contributed by atoms with van der Waals surface area (Å²) in [6.45, 7) is 0. The van der Waals surface area contributed by atoms with E-state index in [4.69, 9.17) is 4.99 Å². The van der Waals surface area contributed by atoms with Gasteiger partial charge in [-0.2, -0.15) is 0 Å². The predicted molar refractivity (Wildman–Crippen MR) is 138 cm³/mol. The number of aliphatic imine (C=N–C) groups is 1. The largest absolute Gasteiger partial charge is 0.337 e. The molecule has 0 saturated carbocycles. The fourth-order valence-electron chi connectivity index (χ4n) is 3.93. The Balaban J connectivity index is 1.47. The molecule has 6 rings (SSSR count). The molecule has 0 radical (unpaired) electrons. The van der Waals surface area contributed by atoms with Gasteiger partial charge in [0, 0.05) is 23.5 Å². The van der Waals surface area contributed by atoms with Gasteiger partial charge in [0.15, 0.2) is 5.17 Å². The topological polar surface area (TPSA) is 48.8 Å². The number of fused-ring (bicyclic) bond motifs is 2. The lowest BCUT2D eigenvalue weighted by atomic mass is 10.2. The first-order chi connectivity index (χ1) is 16.2. The van der Waals surface area contributed by atoms with Crippen molar-refractivity contribution in [3.8, 4) is 0 Å². The number of anilines is 2. The van der Waals surface area contributed by atoms with E-state index in [9.17, 15) is 4.79 Å². The fourth-order valence-corrected chi connectivity index (χ4v) is 6.27. The third-order valence-corrected chi connectivity index (χ3v) is 7.93. The Morgan fingerprint density at radius 3 is 2.55 bits per heavy atom. The third kappa shape index (κ3) is 3.50. The summed E-state index contributed by atoms with van der Waals surface area (Å²) in [6, 6.07) is 27.7. The van der Waals surface area contributed by atoms with Gasteiger partial charge in [0.05, 0.1) is 27.6 Å². The SMILES string of the molecule is CN1/C(=C2/SC(=Nc3ccc4ncccc4c3)N(c3ccccc3)C2=O)Sc2ccccc21. The summed E-state index contributed by atoms with van der Waals surface area (Å²) in [4.78, 5) is 28.6. The third-order valence-electron chi connectivity index (χ3n) is 5.54. The number of carbonyl (C=O) groups is 1. The fraction of sp³-hybridized carbons (Fsp3) is 0.0385. The minimum absolute atomic E-state index is 0.0606. The second-order valence-corrected chi connectivity index (χ2v) is 9.62. The van der Waals surface area contributed by atoms with Gasteiger partial charge in [0.1, 0.15) is 4.91 Å². The Morgan fingerprint density at radius 2 is 1.70 bits per heavy atom. The number of hydrogen-bond donors (Lipinski definition) is 0. The van der Waals surface area contributed by atoms with E-state index < -0.39 is 0 Å². The minimum atomic E-state index is -0.0606. The second-order valence-electron chi connectivity index (χ2n) is 7.62. The number of hydrogen-bond acceptors (Lipinski definition) is 6. The minimum Gasteiger partial charge on any atom is -0.337 e. The Kier molecular flexibility index (Phi) is 4.93. The van der Waals surface area contributed by atoms with Crippen molar-refractivity contribution < 1.29 is 4.79 Å². The summed E-state index contributed by atoms with van der Waals surface area (Å²) < 4.78 is 0. The molecular formula is C26H18N4OS2. The quantitative estimate of drug-likeness (QED) is 0.319. The van der Waals surface area contributed by atoms with E-state index in [2.05, 4.69) is 22.0 Å². The number of carbonyl (C=O) groups excluding carboxylic acids is 1. The van der Waals surface area contributed by atoms with E-state index in [1.54, 1.807) is 22.9 Å². The molecule has 2 aliphatic heterocycles. The number of rotatable bonds is 2. The van der Waals surface area contributed by atoms with Gasteiger partial charge in [-0.25, -0.2) is 4.99 Å². The Hall–Kier alpha value is -3.55. The molecule has 7 heteroatoms. The van der Waals surface area contributed by atoms with E-state index in [0.717, 1.165) is 37.9 Å². The van der Waals surface area contributed by atoms with Gasteiger partial charge in [-0.3, -0.25) is 14.7 Å². The summed E-state index contributed by atoms with van der Waals surface area (Å²) >= 11 is 3.05. The van der Waals surface area contributed by atoms with Gasteiger partial charge >= 0.3 is 0 Å². The average molecular weight is 467 g/mol. The van der Waals surface area contributed by atoms with Crippen molar-refractivity contribution in [2.75, 3.05) is 16.8 Å². The molecule has 160 valence electrons. The van der Waals surface area contributed by atoms with E-state index >= 15 is 0 Å². The van der Waals surface area contributed by atoms with Gasteiger partial charge in [0.2, 0.25) is 0 Å². The predicted octanol–water partition coefficient (Wildman–Crippen LogP) is 6.41. The second kappa shape index (κ2) is 8.10. The highest BCUT2D eigenvalue weighted by Gasteiger charge is 2.40. The summed E-state index contributed by atoms with van der Waals surface area (Å²) in [5.74, 6) is -0.0606.